The first-order valence-electron chi connectivity index (χ1n) is 9.77. The van der Waals surface area contributed by atoms with Crippen molar-refractivity contribution in [2.75, 3.05) is 36.6 Å². The van der Waals surface area contributed by atoms with Crippen LogP contribution in [0.1, 0.15) is 25.0 Å². The number of nitrogen functional groups attached to an aromatic ring is 1. The van der Waals surface area contributed by atoms with Gasteiger partial charge in [0.25, 0.3) is 5.56 Å². The number of nitrogens with zero attached hydrogens (tertiary/aromatic N) is 2. The zero-order valence-corrected chi connectivity index (χ0v) is 19.0. The van der Waals surface area contributed by atoms with E-state index in [2.05, 4.69) is 4.98 Å². The molecule has 0 aliphatic heterocycles. The van der Waals surface area contributed by atoms with E-state index in [1.807, 2.05) is 45.9 Å². The summed E-state index contributed by atoms with van der Waals surface area (Å²) in [6.07, 6.45) is 0. The molecule has 0 saturated carbocycles. The first kappa shape index (κ1) is 23.8. The van der Waals surface area contributed by atoms with Gasteiger partial charge in [0.1, 0.15) is 5.82 Å². The SMILES string of the molecule is COCCN(C(=O)CSc1cc(C)ccc1C)c1c(N)n(CC(C)C)c(=O)[nH]c1=O. The number of aromatic amines is 1. The van der Waals surface area contributed by atoms with Gasteiger partial charge in [-0.3, -0.25) is 19.1 Å². The quantitative estimate of drug-likeness (QED) is 0.585. The highest BCUT2D eigenvalue weighted by molar-refractivity contribution is 8.00. The summed E-state index contributed by atoms with van der Waals surface area (Å²) in [5.74, 6) is -0.0498. The lowest BCUT2D eigenvalue weighted by Gasteiger charge is -2.24. The molecule has 0 aliphatic carbocycles. The Balaban J connectivity index is 2.39. The van der Waals surface area contributed by atoms with E-state index in [1.165, 1.54) is 28.3 Å². The molecule has 0 atom stereocenters. The molecule has 0 spiro atoms. The van der Waals surface area contributed by atoms with Crippen molar-refractivity contribution < 1.29 is 9.53 Å². The second-order valence-electron chi connectivity index (χ2n) is 7.59. The second-order valence-corrected chi connectivity index (χ2v) is 8.61. The van der Waals surface area contributed by atoms with Gasteiger partial charge in [-0.1, -0.05) is 31.5 Å². The van der Waals surface area contributed by atoms with Gasteiger partial charge < -0.3 is 15.4 Å². The van der Waals surface area contributed by atoms with Crippen molar-refractivity contribution in [2.45, 2.75) is 39.1 Å². The van der Waals surface area contributed by atoms with Crippen molar-refractivity contribution in [1.29, 1.82) is 0 Å². The Labute approximate surface area is 180 Å². The molecular formula is C21H30N4O4S. The third kappa shape index (κ3) is 5.76. The zero-order chi connectivity index (χ0) is 22.4. The molecule has 3 N–H and O–H groups in total. The number of H-pyrrole nitrogens is 1. The topological polar surface area (TPSA) is 110 Å². The summed E-state index contributed by atoms with van der Waals surface area (Å²) in [6, 6.07) is 6.05. The van der Waals surface area contributed by atoms with Crippen molar-refractivity contribution in [3.05, 3.63) is 50.2 Å². The monoisotopic (exact) mass is 434 g/mol. The fourth-order valence-electron chi connectivity index (χ4n) is 3.01. The van der Waals surface area contributed by atoms with E-state index < -0.39 is 11.2 Å². The van der Waals surface area contributed by atoms with Crippen LogP contribution in [-0.2, 0) is 16.1 Å². The largest absolute Gasteiger partial charge is 0.383 e. The Morgan fingerprint density at radius 1 is 1.30 bits per heavy atom. The summed E-state index contributed by atoms with van der Waals surface area (Å²) >= 11 is 1.40. The first-order chi connectivity index (χ1) is 14.1. The van der Waals surface area contributed by atoms with Crippen LogP contribution in [0.2, 0.25) is 0 Å². The van der Waals surface area contributed by atoms with Crippen LogP contribution in [0.4, 0.5) is 11.5 Å². The normalized spacial score (nSPS) is 11.1. The van der Waals surface area contributed by atoms with E-state index in [-0.39, 0.29) is 42.2 Å². The summed E-state index contributed by atoms with van der Waals surface area (Å²) in [5.41, 5.74) is 7.09. The van der Waals surface area contributed by atoms with Crippen molar-refractivity contribution in [3.63, 3.8) is 0 Å². The van der Waals surface area contributed by atoms with E-state index in [0.717, 1.165) is 16.0 Å². The van der Waals surface area contributed by atoms with Gasteiger partial charge in [0, 0.05) is 25.1 Å². The highest BCUT2D eigenvalue weighted by Crippen LogP contribution is 2.25. The van der Waals surface area contributed by atoms with E-state index >= 15 is 0 Å². The molecule has 0 saturated heterocycles. The number of aromatic nitrogens is 2. The van der Waals surface area contributed by atoms with Crippen LogP contribution in [0, 0.1) is 19.8 Å². The molecule has 2 rings (SSSR count). The van der Waals surface area contributed by atoms with Crippen LogP contribution in [0.3, 0.4) is 0 Å². The lowest BCUT2D eigenvalue weighted by molar-refractivity contribution is -0.116. The van der Waals surface area contributed by atoms with E-state index in [4.69, 9.17) is 10.5 Å². The number of methoxy groups -OCH3 is 1. The number of amides is 1. The molecule has 0 radical (unpaired) electrons. The van der Waals surface area contributed by atoms with Gasteiger partial charge in [-0.15, -0.1) is 11.8 Å². The van der Waals surface area contributed by atoms with Crippen LogP contribution in [-0.4, -0.2) is 41.5 Å². The Hall–Kier alpha value is -2.52. The van der Waals surface area contributed by atoms with Crippen LogP contribution in [0.5, 0.6) is 0 Å². The number of ether oxygens (including phenoxy) is 1. The van der Waals surface area contributed by atoms with Crippen LogP contribution < -0.4 is 21.9 Å². The van der Waals surface area contributed by atoms with Crippen molar-refractivity contribution >= 4 is 29.2 Å². The molecule has 1 aromatic carbocycles. The van der Waals surface area contributed by atoms with Gasteiger partial charge in [-0.2, -0.15) is 0 Å². The molecule has 0 bridgehead atoms. The average molecular weight is 435 g/mol. The predicted octanol–water partition coefficient (Wildman–Crippen LogP) is 2.16. The van der Waals surface area contributed by atoms with Crippen LogP contribution >= 0.6 is 11.8 Å². The molecule has 8 nitrogen and oxygen atoms in total. The number of aryl methyl sites for hydroxylation is 2. The highest BCUT2D eigenvalue weighted by atomic mass is 32.2. The molecule has 30 heavy (non-hydrogen) atoms. The lowest BCUT2D eigenvalue weighted by Crippen LogP contribution is -2.43. The number of hydrogen-bond acceptors (Lipinski definition) is 6. The number of thioether (sulfide) groups is 1. The summed E-state index contributed by atoms with van der Waals surface area (Å²) in [5, 5.41) is 0. The number of carbonyl (C=O) groups excluding carboxylic acids is 1. The lowest BCUT2D eigenvalue weighted by atomic mass is 10.2. The summed E-state index contributed by atoms with van der Waals surface area (Å²) < 4.78 is 6.42. The number of benzene rings is 1. The Morgan fingerprint density at radius 3 is 2.63 bits per heavy atom. The van der Waals surface area contributed by atoms with E-state index in [9.17, 15) is 14.4 Å². The number of rotatable bonds is 9. The molecule has 0 fully saturated rings. The Kier molecular flexibility index (Phi) is 8.31. The van der Waals surface area contributed by atoms with E-state index in [1.54, 1.807) is 0 Å². The number of nitrogens with one attached hydrogen (secondary N) is 1. The molecule has 1 heterocycles. The molecule has 9 heteroatoms. The summed E-state index contributed by atoms with van der Waals surface area (Å²) in [7, 11) is 1.51. The van der Waals surface area contributed by atoms with Gasteiger partial charge >= 0.3 is 5.69 Å². The second kappa shape index (κ2) is 10.5. The maximum absolute atomic E-state index is 13.1. The van der Waals surface area contributed by atoms with Crippen molar-refractivity contribution in [1.82, 2.24) is 9.55 Å². The smallest absolute Gasteiger partial charge is 0.330 e. The first-order valence-corrected chi connectivity index (χ1v) is 10.8. The molecule has 2 aromatic rings. The van der Waals surface area contributed by atoms with Gasteiger partial charge in [-0.05, 0) is 31.4 Å². The molecule has 0 aliphatic rings. The summed E-state index contributed by atoms with van der Waals surface area (Å²) in [4.78, 5) is 42.5. The van der Waals surface area contributed by atoms with Gasteiger partial charge in [-0.25, -0.2) is 4.79 Å². The fourth-order valence-corrected chi connectivity index (χ4v) is 4.01. The molecule has 164 valence electrons. The molecule has 1 amide bonds. The van der Waals surface area contributed by atoms with Crippen molar-refractivity contribution in [2.24, 2.45) is 5.92 Å². The third-order valence-electron chi connectivity index (χ3n) is 4.55. The Bertz CT molecular complexity index is 1010. The number of carbonyl (C=O) groups is 1. The number of hydrogen-bond donors (Lipinski definition) is 2. The predicted molar refractivity (Wildman–Crippen MR) is 121 cm³/mol. The standard InChI is InChI=1S/C21H30N4O4S/c1-13(2)11-25-19(22)18(20(27)23-21(25)28)24(8-9-29-5)17(26)12-30-16-10-14(3)6-7-15(16)4/h6-7,10,13H,8-9,11-12,22H2,1-5H3,(H,23,27,28). The molecule has 1 aromatic heterocycles. The van der Waals surface area contributed by atoms with E-state index in [0.29, 0.717) is 6.54 Å². The molecular weight excluding hydrogens is 404 g/mol. The highest BCUT2D eigenvalue weighted by Gasteiger charge is 2.24. The molecule has 0 unspecified atom stereocenters. The van der Waals surface area contributed by atoms with Gasteiger partial charge in [0.2, 0.25) is 5.91 Å². The zero-order valence-electron chi connectivity index (χ0n) is 18.2. The van der Waals surface area contributed by atoms with Crippen LogP contribution in [0.25, 0.3) is 0 Å². The maximum Gasteiger partial charge on any atom is 0.330 e. The fraction of sp³-hybridized carbons (Fsp3) is 0.476. The summed E-state index contributed by atoms with van der Waals surface area (Å²) in [6.45, 7) is 8.56. The number of anilines is 2. The maximum atomic E-state index is 13.1. The van der Waals surface area contributed by atoms with Gasteiger partial charge in [0.05, 0.1) is 12.4 Å². The van der Waals surface area contributed by atoms with Crippen LogP contribution in [0.15, 0.2) is 32.7 Å². The van der Waals surface area contributed by atoms with Gasteiger partial charge in [0.15, 0.2) is 5.69 Å². The number of nitrogens with two attached hydrogens (primary N) is 1. The van der Waals surface area contributed by atoms with Crippen molar-refractivity contribution in [3.8, 4) is 0 Å². The minimum Gasteiger partial charge on any atom is -0.383 e. The average Bonchev–Trinajstić information content (AvgIpc) is 2.67. The minimum atomic E-state index is -0.682. The minimum absolute atomic E-state index is 0.0149. The Morgan fingerprint density at radius 2 is 2.00 bits per heavy atom. The third-order valence-corrected chi connectivity index (χ3v) is 5.69.